The SMILES string of the molecule is COC(=O)c1ccccc1C(C)(CC(F)(F)C(F)(F)F)OC. The average Bonchev–Trinajstić information content (AvgIpc) is 2.44. The fourth-order valence-electron chi connectivity index (χ4n) is 2.03. The summed E-state index contributed by atoms with van der Waals surface area (Å²) in [6.07, 6.45) is -7.37. The molecule has 8 heteroatoms. The average molecular weight is 326 g/mol. The third-order valence-electron chi connectivity index (χ3n) is 3.33. The number of ether oxygens (including phenoxy) is 2. The second-order valence-corrected chi connectivity index (χ2v) is 4.85. The van der Waals surface area contributed by atoms with Gasteiger partial charge in [-0.3, -0.25) is 0 Å². The number of hydrogen-bond acceptors (Lipinski definition) is 3. The molecule has 1 rings (SSSR count). The van der Waals surface area contributed by atoms with Crippen molar-refractivity contribution in [3.63, 3.8) is 0 Å². The fourth-order valence-corrected chi connectivity index (χ4v) is 2.03. The summed E-state index contributed by atoms with van der Waals surface area (Å²) in [4.78, 5) is 11.7. The van der Waals surface area contributed by atoms with E-state index in [2.05, 4.69) is 4.74 Å². The largest absolute Gasteiger partial charge is 0.465 e. The molecule has 3 nitrogen and oxygen atoms in total. The van der Waals surface area contributed by atoms with Crippen molar-refractivity contribution in [2.24, 2.45) is 0 Å². The summed E-state index contributed by atoms with van der Waals surface area (Å²) in [5, 5.41) is 0. The highest BCUT2D eigenvalue weighted by molar-refractivity contribution is 5.91. The van der Waals surface area contributed by atoms with Gasteiger partial charge in [-0.1, -0.05) is 18.2 Å². The number of carbonyl (C=O) groups is 1. The molecule has 1 unspecified atom stereocenters. The van der Waals surface area contributed by atoms with E-state index < -0.39 is 30.1 Å². The summed E-state index contributed by atoms with van der Waals surface area (Å²) >= 11 is 0. The molecule has 0 spiro atoms. The van der Waals surface area contributed by atoms with E-state index in [1.54, 1.807) is 0 Å². The van der Waals surface area contributed by atoms with Gasteiger partial charge in [-0.25, -0.2) is 4.79 Å². The summed E-state index contributed by atoms with van der Waals surface area (Å²) in [5.41, 5.74) is -2.26. The quantitative estimate of drug-likeness (QED) is 0.608. The minimum absolute atomic E-state index is 0.103. The van der Waals surface area contributed by atoms with Crippen molar-refractivity contribution in [3.8, 4) is 0 Å². The molecule has 0 aliphatic heterocycles. The molecule has 1 aromatic carbocycles. The minimum atomic E-state index is -5.72. The normalized spacial score (nSPS) is 15.3. The van der Waals surface area contributed by atoms with Gasteiger partial charge in [0.25, 0.3) is 0 Å². The molecule has 0 saturated carbocycles. The summed E-state index contributed by atoms with van der Waals surface area (Å²) < 4.78 is 73.5. The molecule has 0 fully saturated rings. The van der Waals surface area contributed by atoms with Gasteiger partial charge in [0.15, 0.2) is 0 Å². The maximum Gasteiger partial charge on any atom is 0.453 e. The van der Waals surface area contributed by atoms with E-state index in [0.717, 1.165) is 21.1 Å². The molecule has 0 saturated heterocycles. The molecule has 0 aromatic heterocycles. The fraction of sp³-hybridized carbons (Fsp3) is 0.500. The first-order chi connectivity index (χ1) is 9.98. The monoisotopic (exact) mass is 326 g/mol. The number of esters is 1. The van der Waals surface area contributed by atoms with Gasteiger partial charge >= 0.3 is 18.1 Å². The molecule has 0 N–H and O–H groups in total. The van der Waals surface area contributed by atoms with Crippen LogP contribution in [-0.2, 0) is 15.1 Å². The van der Waals surface area contributed by atoms with Gasteiger partial charge in [-0.05, 0) is 18.6 Å². The van der Waals surface area contributed by atoms with Crippen molar-refractivity contribution >= 4 is 5.97 Å². The van der Waals surface area contributed by atoms with E-state index in [1.807, 2.05) is 0 Å². The van der Waals surface area contributed by atoms with Crippen LogP contribution in [0.15, 0.2) is 24.3 Å². The van der Waals surface area contributed by atoms with Gasteiger partial charge in [-0.15, -0.1) is 0 Å². The Bertz CT molecular complexity index is 542. The predicted molar refractivity (Wildman–Crippen MR) is 67.8 cm³/mol. The Labute approximate surface area is 124 Å². The summed E-state index contributed by atoms with van der Waals surface area (Å²) in [6.45, 7) is 1.06. The highest BCUT2D eigenvalue weighted by Gasteiger charge is 2.60. The van der Waals surface area contributed by atoms with Crippen molar-refractivity contribution < 1.29 is 36.2 Å². The Balaban J connectivity index is 3.34. The van der Waals surface area contributed by atoms with Crippen LogP contribution >= 0.6 is 0 Å². The molecule has 1 aromatic rings. The Morgan fingerprint density at radius 3 is 2.09 bits per heavy atom. The van der Waals surface area contributed by atoms with Crippen molar-refractivity contribution in [3.05, 3.63) is 35.4 Å². The van der Waals surface area contributed by atoms with Crippen molar-refractivity contribution in [1.29, 1.82) is 0 Å². The van der Waals surface area contributed by atoms with Crippen LogP contribution in [0.5, 0.6) is 0 Å². The van der Waals surface area contributed by atoms with Crippen LogP contribution in [-0.4, -0.2) is 32.3 Å². The molecular formula is C14H15F5O3. The summed E-state index contributed by atoms with van der Waals surface area (Å²) in [5.74, 6) is -5.82. The van der Waals surface area contributed by atoms with Crippen LogP contribution in [0.4, 0.5) is 22.0 Å². The molecule has 0 aliphatic rings. The molecule has 1 atom stereocenters. The molecular weight excluding hydrogens is 311 g/mol. The lowest BCUT2D eigenvalue weighted by molar-refractivity contribution is -0.298. The van der Waals surface area contributed by atoms with Crippen LogP contribution in [0.1, 0.15) is 29.3 Å². The highest BCUT2D eigenvalue weighted by Crippen LogP contribution is 2.45. The van der Waals surface area contributed by atoms with E-state index in [9.17, 15) is 26.7 Å². The molecule has 124 valence electrons. The predicted octanol–water partition coefficient (Wildman–Crippen LogP) is 3.92. The molecule has 0 bridgehead atoms. The zero-order valence-corrected chi connectivity index (χ0v) is 12.1. The maximum absolute atomic E-state index is 13.4. The van der Waals surface area contributed by atoms with Gasteiger partial charge in [0.1, 0.15) is 0 Å². The highest BCUT2D eigenvalue weighted by atomic mass is 19.4. The first-order valence-corrected chi connectivity index (χ1v) is 6.16. The Hall–Kier alpha value is -1.70. The molecule has 0 radical (unpaired) electrons. The molecule has 0 heterocycles. The standard InChI is InChI=1S/C14H15F5O3/c1-12(22-3,8-13(15,16)14(17,18)19)10-7-5-4-6-9(10)11(20)21-2/h4-7H,8H2,1-3H3. The topological polar surface area (TPSA) is 35.5 Å². The number of rotatable bonds is 5. The van der Waals surface area contributed by atoms with Gasteiger partial charge in [0.05, 0.1) is 24.7 Å². The number of hydrogen-bond donors (Lipinski definition) is 0. The zero-order valence-electron chi connectivity index (χ0n) is 12.1. The second kappa shape index (κ2) is 6.20. The maximum atomic E-state index is 13.4. The van der Waals surface area contributed by atoms with Gasteiger partial charge in [-0.2, -0.15) is 22.0 Å². The van der Waals surface area contributed by atoms with Gasteiger partial charge in [0, 0.05) is 7.11 Å². The number of halogens is 5. The van der Waals surface area contributed by atoms with Gasteiger partial charge in [0.2, 0.25) is 0 Å². The number of benzene rings is 1. The van der Waals surface area contributed by atoms with E-state index in [4.69, 9.17) is 4.74 Å². The number of methoxy groups -OCH3 is 2. The van der Waals surface area contributed by atoms with Crippen LogP contribution in [0.25, 0.3) is 0 Å². The molecule has 0 amide bonds. The van der Waals surface area contributed by atoms with E-state index in [-0.39, 0.29) is 11.1 Å². The third-order valence-corrected chi connectivity index (χ3v) is 3.33. The van der Waals surface area contributed by atoms with Crippen molar-refractivity contribution in [2.75, 3.05) is 14.2 Å². The smallest absolute Gasteiger partial charge is 0.453 e. The second-order valence-electron chi connectivity index (χ2n) is 4.85. The Morgan fingerprint density at radius 1 is 1.09 bits per heavy atom. The Kier molecular flexibility index (Phi) is 5.17. The first-order valence-electron chi connectivity index (χ1n) is 6.16. The van der Waals surface area contributed by atoms with Crippen LogP contribution < -0.4 is 0 Å². The summed E-state index contributed by atoms with van der Waals surface area (Å²) in [7, 11) is 2.08. The first kappa shape index (κ1) is 18.3. The lowest BCUT2D eigenvalue weighted by atomic mass is 9.86. The van der Waals surface area contributed by atoms with Crippen LogP contribution in [0, 0.1) is 0 Å². The van der Waals surface area contributed by atoms with Crippen LogP contribution in [0.3, 0.4) is 0 Å². The summed E-state index contributed by atoms with van der Waals surface area (Å²) in [6, 6.07) is 5.37. The third kappa shape index (κ3) is 3.55. The minimum Gasteiger partial charge on any atom is -0.465 e. The van der Waals surface area contributed by atoms with Crippen molar-refractivity contribution in [1.82, 2.24) is 0 Å². The van der Waals surface area contributed by atoms with Crippen molar-refractivity contribution in [2.45, 2.75) is 31.0 Å². The Morgan fingerprint density at radius 2 is 1.64 bits per heavy atom. The number of carbonyl (C=O) groups excluding carboxylic acids is 1. The molecule has 0 aliphatic carbocycles. The molecule has 22 heavy (non-hydrogen) atoms. The zero-order chi connectivity index (χ0) is 17.2. The lowest BCUT2D eigenvalue weighted by Crippen LogP contribution is -2.44. The van der Waals surface area contributed by atoms with E-state index >= 15 is 0 Å². The number of alkyl halides is 5. The van der Waals surface area contributed by atoms with Gasteiger partial charge < -0.3 is 9.47 Å². The van der Waals surface area contributed by atoms with E-state index in [1.165, 1.54) is 24.3 Å². The van der Waals surface area contributed by atoms with E-state index in [0.29, 0.717) is 0 Å². The van der Waals surface area contributed by atoms with Crippen LogP contribution in [0.2, 0.25) is 0 Å². The lowest BCUT2D eigenvalue weighted by Gasteiger charge is -2.34.